The molecule has 1 rings (SSSR count). The van der Waals surface area contributed by atoms with Crippen LogP contribution in [-0.4, -0.2) is 58.0 Å². The SMILES string of the molecule is COc1c(F)c(F)c(CC(N)C(=O)O)c(C(O)(C(F)(F)F)C(F)(F)F)[c]1[Al]. The molecule has 0 aliphatic rings. The summed E-state index contributed by atoms with van der Waals surface area (Å²) in [6.07, 6.45) is -14.4. The number of carboxylic acid groups (broad SMARTS) is 1. The molecule has 4 N–H and O–H groups in total. The minimum Gasteiger partial charge on any atom is -0.495 e. The lowest BCUT2D eigenvalue weighted by Gasteiger charge is -2.36. The first kappa shape index (κ1) is 23.4. The van der Waals surface area contributed by atoms with Crippen LogP contribution in [0.2, 0.25) is 0 Å². The van der Waals surface area contributed by atoms with Gasteiger partial charge in [0.25, 0.3) is 5.60 Å². The fraction of sp³-hybridized carbons (Fsp3) is 0.462. The Hall–Kier alpha value is -1.62. The first-order valence-electron chi connectivity index (χ1n) is 6.70. The molecule has 14 heteroatoms. The fourth-order valence-corrected chi connectivity index (χ4v) is 2.92. The van der Waals surface area contributed by atoms with Gasteiger partial charge in [0.05, 0.1) is 7.11 Å². The van der Waals surface area contributed by atoms with Crippen LogP contribution in [0.1, 0.15) is 11.1 Å². The van der Waals surface area contributed by atoms with Crippen LogP contribution in [0.3, 0.4) is 0 Å². The van der Waals surface area contributed by atoms with Crippen molar-refractivity contribution in [3.63, 3.8) is 0 Å². The van der Waals surface area contributed by atoms with Crippen molar-refractivity contribution in [2.45, 2.75) is 30.4 Å². The van der Waals surface area contributed by atoms with Gasteiger partial charge in [0.2, 0.25) is 0 Å². The third kappa shape index (κ3) is 3.84. The molecule has 1 aromatic carbocycles. The van der Waals surface area contributed by atoms with Crippen molar-refractivity contribution in [3.05, 3.63) is 22.8 Å². The van der Waals surface area contributed by atoms with Crippen molar-refractivity contribution < 1.29 is 54.9 Å². The quantitative estimate of drug-likeness (QED) is 0.486. The number of ether oxygens (including phenoxy) is 1. The minimum atomic E-state index is -6.44. The topological polar surface area (TPSA) is 92.8 Å². The molecule has 0 fully saturated rings. The number of carboxylic acids is 1. The maximum atomic E-state index is 14.3. The molecule has 0 aliphatic heterocycles. The number of benzene rings is 1. The minimum absolute atomic E-state index is 0.637. The molecular weight excluding hydrogens is 413 g/mol. The number of nitrogens with two attached hydrogens (primary N) is 1. The molecule has 0 aromatic heterocycles. The van der Waals surface area contributed by atoms with Gasteiger partial charge in [-0.15, -0.1) is 0 Å². The summed E-state index contributed by atoms with van der Waals surface area (Å²) < 4.78 is 111. The van der Waals surface area contributed by atoms with Crippen molar-refractivity contribution in [1.82, 2.24) is 0 Å². The Morgan fingerprint density at radius 3 is 1.93 bits per heavy atom. The van der Waals surface area contributed by atoms with E-state index in [4.69, 9.17) is 10.8 Å². The van der Waals surface area contributed by atoms with Gasteiger partial charge in [0.1, 0.15) is 11.8 Å². The molecule has 0 bridgehead atoms. The first-order valence-corrected chi connectivity index (χ1v) is 7.28. The van der Waals surface area contributed by atoms with Crippen LogP contribution in [0, 0.1) is 11.6 Å². The predicted molar refractivity (Wildman–Crippen MR) is 73.6 cm³/mol. The summed E-state index contributed by atoms with van der Waals surface area (Å²) in [5.41, 5.74) is -4.48. The van der Waals surface area contributed by atoms with Crippen molar-refractivity contribution >= 4 is 26.7 Å². The van der Waals surface area contributed by atoms with Crippen LogP contribution in [0.15, 0.2) is 0 Å². The average Bonchev–Trinajstić information content (AvgIpc) is 2.50. The summed E-state index contributed by atoms with van der Waals surface area (Å²) in [5.74, 6) is -7.52. The van der Waals surface area contributed by atoms with E-state index in [2.05, 4.69) is 4.74 Å². The Morgan fingerprint density at radius 1 is 1.15 bits per heavy atom. The number of halogens is 8. The molecule has 0 saturated carbocycles. The summed E-state index contributed by atoms with van der Waals surface area (Å²) in [4.78, 5) is 10.8. The zero-order chi connectivity index (χ0) is 21.5. The van der Waals surface area contributed by atoms with E-state index in [1.165, 1.54) is 16.3 Å². The normalized spacial score (nSPS) is 14.2. The highest BCUT2D eigenvalue weighted by molar-refractivity contribution is 6.35. The third-order valence-corrected chi connectivity index (χ3v) is 4.15. The molecule has 5 nitrogen and oxygen atoms in total. The molecule has 0 spiro atoms. The number of hydrogen-bond acceptors (Lipinski definition) is 4. The molecule has 0 heterocycles. The zero-order valence-corrected chi connectivity index (χ0v) is 14.3. The van der Waals surface area contributed by atoms with Gasteiger partial charge in [-0.2, -0.15) is 30.7 Å². The molecule has 0 amide bonds. The highest BCUT2D eigenvalue weighted by Gasteiger charge is 2.72. The molecule has 0 aliphatic carbocycles. The van der Waals surface area contributed by atoms with Crippen LogP contribution >= 0.6 is 0 Å². The molecule has 27 heavy (non-hydrogen) atoms. The summed E-state index contributed by atoms with van der Waals surface area (Å²) in [7, 11) is 0.637. The van der Waals surface area contributed by atoms with Gasteiger partial charge < -0.3 is 20.7 Å². The van der Waals surface area contributed by atoms with Gasteiger partial charge in [-0.3, -0.25) is 4.79 Å². The fourth-order valence-electron chi connectivity index (χ4n) is 2.29. The van der Waals surface area contributed by atoms with Gasteiger partial charge in [-0.25, -0.2) is 4.39 Å². The number of rotatable bonds is 5. The third-order valence-electron chi connectivity index (χ3n) is 3.60. The number of alkyl halides is 6. The smallest absolute Gasteiger partial charge is 0.430 e. The Kier molecular flexibility index (Phi) is 6.44. The van der Waals surface area contributed by atoms with Crippen LogP contribution < -0.4 is 14.9 Å². The molecule has 1 atom stereocenters. The van der Waals surface area contributed by atoms with Gasteiger partial charge in [-0.1, -0.05) is 4.43 Å². The first-order chi connectivity index (χ1) is 12.0. The second-order valence-electron chi connectivity index (χ2n) is 5.28. The molecule has 2 radical (unpaired) electrons. The zero-order valence-electron chi connectivity index (χ0n) is 13.2. The van der Waals surface area contributed by atoms with E-state index < -0.39 is 69.3 Å². The maximum Gasteiger partial charge on any atom is 0.430 e. The number of carbonyl (C=O) groups is 1. The van der Waals surface area contributed by atoms with Crippen LogP contribution in [0.5, 0.6) is 5.75 Å². The lowest BCUT2D eigenvalue weighted by atomic mass is 9.85. The van der Waals surface area contributed by atoms with Gasteiger partial charge in [-0.05, 0) is 11.1 Å². The molecule has 150 valence electrons. The lowest BCUT2D eigenvalue weighted by Crippen LogP contribution is -2.57. The lowest BCUT2D eigenvalue weighted by molar-refractivity contribution is -0.376. The number of methoxy groups -OCH3 is 1. The van der Waals surface area contributed by atoms with Crippen molar-refractivity contribution in [2.24, 2.45) is 5.73 Å². The summed E-state index contributed by atoms with van der Waals surface area (Å²) in [6, 6.07) is -2.19. The Labute approximate surface area is 154 Å². The average molecular weight is 423 g/mol. The Bertz CT molecular complexity index is 736. The van der Waals surface area contributed by atoms with E-state index in [0.29, 0.717) is 7.11 Å². The number of aliphatic hydroxyl groups is 1. The van der Waals surface area contributed by atoms with Crippen LogP contribution in [0.25, 0.3) is 0 Å². The van der Waals surface area contributed by atoms with Gasteiger partial charge in [0, 0.05) is 6.42 Å². The molecular formula is C13H10AlF8NO4. The van der Waals surface area contributed by atoms with Gasteiger partial charge in [0.15, 0.2) is 27.9 Å². The summed E-state index contributed by atoms with van der Waals surface area (Å²) in [6.45, 7) is 0. The van der Waals surface area contributed by atoms with Gasteiger partial charge >= 0.3 is 18.3 Å². The summed E-state index contributed by atoms with van der Waals surface area (Å²) >= 11 is 1.29. The largest absolute Gasteiger partial charge is 0.495 e. The Morgan fingerprint density at radius 2 is 1.59 bits per heavy atom. The van der Waals surface area contributed by atoms with E-state index in [-0.39, 0.29) is 0 Å². The molecule has 0 saturated heterocycles. The second-order valence-corrected chi connectivity index (χ2v) is 5.86. The van der Waals surface area contributed by atoms with Crippen molar-refractivity contribution in [2.75, 3.05) is 7.11 Å². The van der Waals surface area contributed by atoms with Crippen LogP contribution in [0.4, 0.5) is 35.1 Å². The van der Waals surface area contributed by atoms with E-state index in [9.17, 15) is 45.0 Å². The highest BCUT2D eigenvalue weighted by Crippen LogP contribution is 2.51. The van der Waals surface area contributed by atoms with E-state index >= 15 is 0 Å². The van der Waals surface area contributed by atoms with E-state index in [1.807, 2.05) is 0 Å². The highest BCUT2D eigenvalue weighted by atomic mass is 27.0. The van der Waals surface area contributed by atoms with E-state index in [1.54, 1.807) is 0 Å². The summed E-state index contributed by atoms with van der Waals surface area (Å²) in [5, 5.41) is 18.3. The second kappa shape index (κ2) is 7.42. The molecule has 1 unspecified atom stereocenters. The monoisotopic (exact) mass is 423 g/mol. The van der Waals surface area contributed by atoms with Crippen molar-refractivity contribution in [3.8, 4) is 5.75 Å². The number of aliphatic carboxylic acids is 1. The van der Waals surface area contributed by atoms with Crippen molar-refractivity contribution in [1.29, 1.82) is 0 Å². The predicted octanol–water partition coefficient (Wildman–Crippen LogP) is 1.03. The molecule has 1 aromatic rings. The Balaban J connectivity index is 4.09. The number of hydrogen-bond donors (Lipinski definition) is 3. The maximum absolute atomic E-state index is 14.3. The van der Waals surface area contributed by atoms with E-state index in [0.717, 1.165) is 0 Å². The standard InChI is InChI=1S/C13H10F8NO4.Al/c1-26-7-3-5(11(25,12(16,17)18)13(19,20)21)4(8(14)9(7)15)2-6(22)10(23)24;/h6,25H,2,22H2,1H3,(H,23,24);. The van der Waals surface area contributed by atoms with Crippen LogP contribution in [-0.2, 0) is 16.8 Å².